The Morgan fingerprint density at radius 1 is 1.22 bits per heavy atom. The molecule has 0 saturated carbocycles. The SMILES string of the molecule is Cc1ccc(-c2nc3cc(-c4ccccc4Cl)sc3c(=O)[nH]2)o1. The van der Waals surface area contributed by atoms with Crippen LogP contribution in [0.5, 0.6) is 0 Å². The summed E-state index contributed by atoms with van der Waals surface area (Å²) in [7, 11) is 0. The molecule has 0 saturated heterocycles. The van der Waals surface area contributed by atoms with Crippen LogP contribution in [-0.2, 0) is 0 Å². The van der Waals surface area contributed by atoms with Gasteiger partial charge in [-0.15, -0.1) is 11.3 Å². The van der Waals surface area contributed by atoms with Crippen molar-refractivity contribution >= 4 is 33.2 Å². The van der Waals surface area contributed by atoms with E-state index in [4.69, 9.17) is 16.0 Å². The average Bonchev–Trinajstić information content (AvgIpc) is 3.14. The predicted octanol–water partition coefficient (Wildman–Crippen LogP) is 4.87. The first-order chi connectivity index (χ1) is 11.1. The molecule has 23 heavy (non-hydrogen) atoms. The summed E-state index contributed by atoms with van der Waals surface area (Å²) in [5.41, 5.74) is 1.35. The van der Waals surface area contributed by atoms with E-state index >= 15 is 0 Å². The highest BCUT2D eigenvalue weighted by atomic mass is 35.5. The summed E-state index contributed by atoms with van der Waals surface area (Å²) in [6.45, 7) is 1.85. The first kappa shape index (κ1) is 14.2. The number of thiophene rings is 1. The van der Waals surface area contributed by atoms with Crippen LogP contribution in [0.3, 0.4) is 0 Å². The third kappa shape index (κ3) is 2.48. The number of hydrogen-bond donors (Lipinski definition) is 1. The van der Waals surface area contributed by atoms with Gasteiger partial charge in [0.15, 0.2) is 11.6 Å². The number of nitrogens with one attached hydrogen (secondary N) is 1. The van der Waals surface area contributed by atoms with Crippen molar-refractivity contribution in [3.63, 3.8) is 0 Å². The molecule has 0 atom stereocenters. The minimum Gasteiger partial charge on any atom is -0.458 e. The second kappa shape index (κ2) is 5.37. The fraction of sp³-hybridized carbons (Fsp3) is 0.0588. The molecule has 0 aliphatic carbocycles. The van der Waals surface area contributed by atoms with Crippen LogP contribution in [0.15, 0.2) is 51.7 Å². The Labute approximate surface area is 140 Å². The van der Waals surface area contributed by atoms with Crippen LogP contribution in [0.4, 0.5) is 0 Å². The van der Waals surface area contributed by atoms with Crippen molar-refractivity contribution in [1.29, 1.82) is 0 Å². The number of aryl methyl sites for hydroxylation is 1. The Balaban J connectivity index is 1.91. The van der Waals surface area contributed by atoms with Crippen molar-refractivity contribution < 1.29 is 4.42 Å². The van der Waals surface area contributed by atoms with Gasteiger partial charge in [-0.05, 0) is 31.2 Å². The van der Waals surface area contributed by atoms with Gasteiger partial charge in [0.25, 0.3) is 5.56 Å². The van der Waals surface area contributed by atoms with Gasteiger partial charge < -0.3 is 9.40 Å². The second-order valence-electron chi connectivity index (χ2n) is 5.13. The molecular formula is C17H11ClN2O2S. The van der Waals surface area contributed by atoms with E-state index in [2.05, 4.69) is 9.97 Å². The van der Waals surface area contributed by atoms with Gasteiger partial charge in [-0.2, -0.15) is 0 Å². The van der Waals surface area contributed by atoms with Crippen LogP contribution >= 0.6 is 22.9 Å². The lowest BCUT2D eigenvalue weighted by Gasteiger charge is -1.98. The summed E-state index contributed by atoms with van der Waals surface area (Å²) >= 11 is 7.62. The number of hydrogen-bond acceptors (Lipinski definition) is 4. The number of furan rings is 1. The lowest BCUT2D eigenvalue weighted by atomic mass is 10.2. The number of aromatic nitrogens is 2. The fourth-order valence-electron chi connectivity index (χ4n) is 2.41. The van der Waals surface area contributed by atoms with Gasteiger partial charge in [-0.25, -0.2) is 4.98 Å². The standard InChI is InChI=1S/C17H11ClN2O2S/c1-9-6-7-13(22-9)16-19-12-8-14(23-15(12)17(21)20-16)10-4-2-3-5-11(10)18/h2-8H,1H3,(H,19,20,21). The van der Waals surface area contributed by atoms with E-state index in [0.29, 0.717) is 26.8 Å². The summed E-state index contributed by atoms with van der Waals surface area (Å²) in [6, 6.07) is 13.1. The predicted molar refractivity (Wildman–Crippen MR) is 93.1 cm³/mol. The van der Waals surface area contributed by atoms with Crippen LogP contribution in [0.2, 0.25) is 5.02 Å². The molecule has 114 valence electrons. The molecule has 1 aromatic carbocycles. The quantitative estimate of drug-likeness (QED) is 0.565. The van der Waals surface area contributed by atoms with E-state index in [1.54, 1.807) is 6.07 Å². The minimum atomic E-state index is -0.178. The zero-order chi connectivity index (χ0) is 16.0. The van der Waals surface area contributed by atoms with Crippen molar-refractivity contribution in [3.05, 3.63) is 63.6 Å². The first-order valence-corrected chi connectivity index (χ1v) is 8.17. The van der Waals surface area contributed by atoms with Crippen molar-refractivity contribution in [3.8, 4) is 22.0 Å². The molecule has 0 unspecified atom stereocenters. The summed E-state index contributed by atoms with van der Waals surface area (Å²) in [5.74, 6) is 1.75. The highest BCUT2D eigenvalue weighted by molar-refractivity contribution is 7.22. The molecule has 0 amide bonds. The van der Waals surface area contributed by atoms with Crippen molar-refractivity contribution in [2.24, 2.45) is 0 Å². The molecule has 3 heterocycles. The first-order valence-electron chi connectivity index (χ1n) is 6.97. The summed E-state index contributed by atoms with van der Waals surface area (Å²) in [4.78, 5) is 20.6. The minimum absolute atomic E-state index is 0.178. The lowest BCUT2D eigenvalue weighted by Crippen LogP contribution is -2.07. The van der Waals surface area contributed by atoms with Crippen molar-refractivity contribution in [2.45, 2.75) is 6.92 Å². The number of aromatic amines is 1. The van der Waals surface area contributed by atoms with E-state index in [1.165, 1.54) is 11.3 Å². The zero-order valence-corrected chi connectivity index (χ0v) is 13.7. The number of nitrogens with zero attached hydrogens (tertiary/aromatic N) is 1. The monoisotopic (exact) mass is 342 g/mol. The van der Waals surface area contributed by atoms with Crippen LogP contribution in [-0.4, -0.2) is 9.97 Å². The van der Waals surface area contributed by atoms with E-state index in [0.717, 1.165) is 16.2 Å². The average molecular weight is 343 g/mol. The Morgan fingerprint density at radius 2 is 2.04 bits per heavy atom. The molecule has 4 nitrogen and oxygen atoms in total. The highest BCUT2D eigenvalue weighted by Gasteiger charge is 2.14. The number of fused-ring (bicyclic) bond motifs is 1. The van der Waals surface area contributed by atoms with E-state index < -0.39 is 0 Å². The van der Waals surface area contributed by atoms with E-state index in [-0.39, 0.29) is 5.56 Å². The number of rotatable bonds is 2. The molecule has 0 bridgehead atoms. The number of halogens is 1. The molecule has 4 aromatic rings. The summed E-state index contributed by atoms with van der Waals surface area (Å²) < 4.78 is 6.11. The maximum Gasteiger partial charge on any atom is 0.269 e. The van der Waals surface area contributed by atoms with Gasteiger partial charge in [-0.3, -0.25) is 4.79 Å². The molecule has 4 rings (SSSR count). The van der Waals surface area contributed by atoms with Crippen LogP contribution in [0.25, 0.3) is 32.2 Å². The fourth-order valence-corrected chi connectivity index (χ4v) is 3.74. The van der Waals surface area contributed by atoms with Crippen molar-refractivity contribution in [2.75, 3.05) is 0 Å². The normalized spacial score (nSPS) is 11.2. The number of H-pyrrole nitrogens is 1. The maximum absolute atomic E-state index is 12.3. The molecule has 0 spiro atoms. The Hall–Kier alpha value is -2.37. The third-order valence-corrected chi connectivity index (χ3v) is 4.98. The second-order valence-corrected chi connectivity index (χ2v) is 6.59. The van der Waals surface area contributed by atoms with Crippen LogP contribution in [0.1, 0.15) is 5.76 Å². The Morgan fingerprint density at radius 3 is 2.78 bits per heavy atom. The van der Waals surface area contributed by atoms with E-state index in [9.17, 15) is 4.79 Å². The molecule has 0 aliphatic heterocycles. The molecule has 6 heteroatoms. The maximum atomic E-state index is 12.3. The van der Waals surface area contributed by atoms with Gasteiger partial charge in [0.05, 0.1) is 5.52 Å². The van der Waals surface area contributed by atoms with Gasteiger partial charge >= 0.3 is 0 Å². The van der Waals surface area contributed by atoms with Gasteiger partial charge in [0.2, 0.25) is 0 Å². The molecule has 0 fully saturated rings. The summed E-state index contributed by atoms with van der Waals surface area (Å²) in [5, 5.41) is 0.650. The molecular weight excluding hydrogens is 332 g/mol. The van der Waals surface area contributed by atoms with E-state index in [1.807, 2.05) is 43.3 Å². The number of benzene rings is 1. The lowest BCUT2D eigenvalue weighted by molar-refractivity contribution is 0.544. The van der Waals surface area contributed by atoms with Gasteiger partial charge in [-0.1, -0.05) is 29.8 Å². The smallest absolute Gasteiger partial charge is 0.269 e. The van der Waals surface area contributed by atoms with Gasteiger partial charge in [0, 0.05) is 15.5 Å². The highest BCUT2D eigenvalue weighted by Crippen LogP contribution is 2.35. The largest absolute Gasteiger partial charge is 0.458 e. The topological polar surface area (TPSA) is 58.9 Å². The molecule has 3 aromatic heterocycles. The van der Waals surface area contributed by atoms with Crippen LogP contribution in [0, 0.1) is 6.92 Å². The zero-order valence-electron chi connectivity index (χ0n) is 12.1. The molecule has 0 aliphatic rings. The molecule has 1 N–H and O–H groups in total. The van der Waals surface area contributed by atoms with Crippen LogP contribution < -0.4 is 5.56 Å². The van der Waals surface area contributed by atoms with Gasteiger partial charge in [0.1, 0.15) is 10.5 Å². The molecule has 0 radical (unpaired) electrons. The summed E-state index contributed by atoms with van der Waals surface area (Å²) in [6.07, 6.45) is 0. The third-order valence-electron chi connectivity index (χ3n) is 3.50. The Kier molecular flexibility index (Phi) is 3.32. The Bertz CT molecular complexity index is 1080. The van der Waals surface area contributed by atoms with Crippen molar-refractivity contribution in [1.82, 2.24) is 9.97 Å².